The number of carboxylic acids is 1. The summed E-state index contributed by atoms with van der Waals surface area (Å²) in [6, 6.07) is 8.22. The van der Waals surface area contributed by atoms with Gasteiger partial charge in [-0.05, 0) is 19.4 Å². The predicted molar refractivity (Wildman–Crippen MR) is 83.0 cm³/mol. The Morgan fingerprint density at radius 1 is 1.35 bits per heavy atom. The lowest BCUT2D eigenvalue weighted by Gasteiger charge is -1.96. The Hall–Kier alpha value is -1.94. The largest absolute Gasteiger partial charge is 0.478 e. The van der Waals surface area contributed by atoms with Gasteiger partial charge in [0, 0.05) is 11.6 Å². The first kappa shape index (κ1) is 14.5. The summed E-state index contributed by atoms with van der Waals surface area (Å²) in [7, 11) is 0. The summed E-state index contributed by atoms with van der Waals surface area (Å²) in [5.74, 6) is -0.933. The van der Waals surface area contributed by atoms with E-state index in [0.29, 0.717) is 0 Å². The minimum Gasteiger partial charge on any atom is -0.478 e. The van der Waals surface area contributed by atoms with E-state index >= 15 is 0 Å². The van der Waals surface area contributed by atoms with Crippen molar-refractivity contribution in [3.8, 4) is 10.6 Å². The maximum absolute atomic E-state index is 10.7. The van der Waals surface area contributed by atoms with Crippen molar-refractivity contribution in [1.82, 2.24) is 4.98 Å². The van der Waals surface area contributed by atoms with Crippen molar-refractivity contribution in [3.05, 3.63) is 46.5 Å². The van der Waals surface area contributed by atoms with Gasteiger partial charge in [-0.25, -0.2) is 9.78 Å². The number of aliphatic carboxylic acids is 1. The van der Waals surface area contributed by atoms with Gasteiger partial charge in [-0.3, -0.25) is 0 Å². The number of thiazole rings is 1. The molecule has 0 aliphatic carbocycles. The molecule has 104 valence electrons. The fourth-order valence-electron chi connectivity index (χ4n) is 1.88. The van der Waals surface area contributed by atoms with Gasteiger partial charge in [0.05, 0.1) is 10.6 Å². The fraction of sp³-hybridized carbons (Fsp3) is 0.250. The molecular formula is C16H17NO2S. The zero-order valence-corrected chi connectivity index (χ0v) is 12.4. The third-order valence-electron chi connectivity index (χ3n) is 2.89. The van der Waals surface area contributed by atoms with E-state index in [0.717, 1.165) is 34.0 Å². The van der Waals surface area contributed by atoms with Crippen LogP contribution in [0.15, 0.2) is 30.3 Å². The van der Waals surface area contributed by atoms with E-state index < -0.39 is 5.97 Å². The van der Waals surface area contributed by atoms with Crippen molar-refractivity contribution in [1.29, 1.82) is 0 Å². The number of aromatic nitrogens is 1. The van der Waals surface area contributed by atoms with Gasteiger partial charge < -0.3 is 5.11 Å². The number of carbonyl (C=O) groups is 1. The van der Waals surface area contributed by atoms with E-state index in [1.807, 2.05) is 0 Å². The van der Waals surface area contributed by atoms with Crippen molar-refractivity contribution in [2.75, 3.05) is 0 Å². The number of hydrogen-bond donors (Lipinski definition) is 1. The fourth-order valence-corrected chi connectivity index (χ4v) is 2.90. The Balaban J connectivity index is 2.37. The summed E-state index contributed by atoms with van der Waals surface area (Å²) in [6.07, 6.45) is 4.67. The molecule has 2 rings (SSSR count). The van der Waals surface area contributed by atoms with Gasteiger partial charge in [-0.2, -0.15) is 0 Å². The maximum Gasteiger partial charge on any atom is 0.328 e. The molecular weight excluding hydrogens is 270 g/mol. The lowest BCUT2D eigenvalue weighted by Crippen LogP contribution is -1.88. The molecule has 0 atom stereocenters. The summed E-state index contributed by atoms with van der Waals surface area (Å²) in [5, 5.41) is 9.69. The molecule has 0 radical (unpaired) electrons. The van der Waals surface area contributed by atoms with Crippen LogP contribution >= 0.6 is 11.3 Å². The standard InChI is InChI=1S/C16H17NO2S/c1-3-4-13-14(9-10-15(18)19)20-16(17-13)12-7-5-11(2)6-8-12/h5-10H,3-4H2,1-2H3,(H,18,19)/b10-9+. The van der Waals surface area contributed by atoms with Gasteiger partial charge >= 0.3 is 5.97 Å². The lowest BCUT2D eigenvalue weighted by molar-refractivity contribution is -0.131. The van der Waals surface area contributed by atoms with E-state index in [-0.39, 0.29) is 0 Å². The average Bonchev–Trinajstić information content (AvgIpc) is 2.81. The summed E-state index contributed by atoms with van der Waals surface area (Å²) < 4.78 is 0. The van der Waals surface area contributed by atoms with Gasteiger partial charge in [-0.15, -0.1) is 11.3 Å². The zero-order chi connectivity index (χ0) is 14.5. The number of aryl methyl sites for hydroxylation is 2. The molecule has 20 heavy (non-hydrogen) atoms. The van der Waals surface area contributed by atoms with Crippen LogP contribution in [-0.2, 0) is 11.2 Å². The van der Waals surface area contributed by atoms with Crippen molar-refractivity contribution < 1.29 is 9.90 Å². The van der Waals surface area contributed by atoms with Crippen LogP contribution in [0.3, 0.4) is 0 Å². The van der Waals surface area contributed by atoms with Crippen LogP contribution in [0.5, 0.6) is 0 Å². The number of rotatable bonds is 5. The molecule has 1 heterocycles. The van der Waals surface area contributed by atoms with Crippen LogP contribution in [-0.4, -0.2) is 16.1 Å². The van der Waals surface area contributed by atoms with Gasteiger partial charge in [0.1, 0.15) is 5.01 Å². The first-order chi connectivity index (χ1) is 9.60. The zero-order valence-electron chi connectivity index (χ0n) is 11.6. The monoisotopic (exact) mass is 287 g/mol. The molecule has 0 amide bonds. The second-order valence-electron chi connectivity index (χ2n) is 4.62. The van der Waals surface area contributed by atoms with E-state index in [2.05, 4.69) is 43.1 Å². The maximum atomic E-state index is 10.7. The Bertz CT molecular complexity index is 626. The van der Waals surface area contributed by atoms with Crippen LogP contribution in [0.4, 0.5) is 0 Å². The quantitative estimate of drug-likeness (QED) is 0.840. The number of hydrogen-bond acceptors (Lipinski definition) is 3. The molecule has 1 N–H and O–H groups in total. The molecule has 0 saturated heterocycles. The summed E-state index contributed by atoms with van der Waals surface area (Å²) in [5.41, 5.74) is 3.27. The third-order valence-corrected chi connectivity index (χ3v) is 4.00. The predicted octanol–water partition coefficient (Wildman–Crippen LogP) is 4.17. The van der Waals surface area contributed by atoms with Crippen LogP contribution in [0.1, 0.15) is 29.5 Å². The number of carboxylic acid groups (broad SMARTS) is 1. The first-order valence-electron chi connectivity index (χ1n) is 6.58. The molecule has 1 aromatic heterocycles. The van der Waals surface area contributed by atoms with Crippen molar-refractivity contribution in [3.63, 3.8) is 0 Å². The Morgan fingerprint density at radius 3 is 2.65 bits per heavy atom. The molecule has 0 aliphatic rings. The second-order valence-corrected chi connectivity index (χ2v) is 5.65. The van der Waals surface area contributed by atoms with Gasteiger partial charge in [0.25, 0.3) is 0 Å². The Labute approximate surface area is 122 Å². The van der Waals surface area contributed by atoms with E-state index in [4.69, 9.17) is 5.11 Å². The molecule has 0 spiro atoms. The van der Waals surface area contributed by atoms with Crippen molar-refractivity contribution in [2.45, 2.75) is 26.7 Å². The highest BCUT2D eigenvalue weighted by Gasteiger charge is 2.10. The van der Waals surface area contributed by atoms with Crippen LogP contribution in [0.25, 0.3) is 16.6 Å². The SMILES string of the molecule is CCCc1nc(-c2ccc(C)cc2)sc1/C=C/C(=O)O. The van der Waals surface area contributed by atoms with E-state index in [1.165, 1.54) is 23.0 Å². The van der Waals surface area contributed by atoms with E-state index in [1.54, 1.807) is 6.08 Å². The highest BCUT2D eigenvalue weighted by molar-refractivity contribution is 7.16. The molecule has 0 bridgehead atoms. The van der Waals surface area contributed by atoms with E-state index in [9.17, 15) is 4.79 Å². The molecule has 0 saturated carbocycles. The van der Waals surface area contributed by atoms with Gasteiger partial charge in [-0.1, -0.05) is 43.2 Å². The third kappa shape index (κ3) is 3.54. The molecule has 3 nitrogen and oxygen atoms in total. The summed E-state index contributed by atoms with van der Waals surface area (Å²) in [4.78, 5) is 16.2. The van der Waals surface area contributed by atoms with Crippen molar-refractivity contribution in [2.24, 2.45) is 0 Å². The lowest BCUT2D eigenvalue weighted by atomic mass is 10.1. The number of benzene rings is 1. The van der Waals surface area contributed by atoms with Gasteiger partial charge in [0.2, 0.25) is 0 Å². The van der Waals surface area contributed by atoms with Crippen LogP contribution in [0, 0.1) is 6.92 Å². The molecule has 0 fully saturated rings. The molecule has 0 aliphatic heterocycles. The topological polar surface area (TPSA) is 50.2 Å². The first-order valence-corrected chi connectivity index (χ1v) is 7.39. The summed E-state index contributed by atoms with van der Waals surface area (Å²) >= 11 is 1.54. The van der Waals surface area contributed by atoms with Crippen LogP contribution in [0.2, 0.25) is 0 Å². The smallest absolute Gasteiger partial charge is 0.328 e. The van der Waals surface area contributed by atoms with Crippen molar-refractivity contribution >= 4 is 23.4 Å². The van der Waals surface area contributed by atoms with Crippen LogP contribution < -0.4 is 0 Å². The Morgan fingerprint density at radius 2 is 2.05 bits per heavy atom. The highest BCUT2D eigenvalue weighted by atomic mass is 32.1. The van der Waals surface area contributed by atoms with Gasteiger partial charge in [0.15, 0.2) is 0 Å². The molecule has 0 unspecified atom stereocenters. The molecule has 1 aromatic carbocycles. The average molecular weight is 287 g/mol. The minimum absolute atomic E-state index is 0.863. The number of nitrogens with zero attached hydrogens (tertiary/aromatic N) is 1. The summed E-state index contributed by atoms with van der Waals surface area (Å²) in [6.45, 7) is 4.14. The molecule has 4 heteroatoms. The molecule has 2 aromatic rings. The highest BCUT2D eigenvalue weighted by Crippen LogP contribution is 2.30. The Kier molecular flexibility index (Phi) is 4.69. The normalized spacial score (nSPS) is 11.1. The minimum atomic E-state index is -0.933. The second kappa shape index (κ2) is 6.48.